The lowest BCUT2D eigenvalue weighted by molar-refractivity contribution is 0.398. The van der Waals surface area contributed by atoms with Gasteiger partial charge < -0.3 is 4.74 Å². The van der Waals surface area contributed by atoms with Crippen LogP contribution in [0.15, 0.2) is 17.6 Å². The van der Waals surface area contributed by atoms with Crippen LogP contribution >= 0.6 is 0 Å². The van der Waals surface area contributed by atoms with Crippen LogP contribution in [0, 0.1) is 5.92 Å². The number of ether oxygens (including phenoxy) is 1. The molecule has 3 heteroatoms. The highest BCUT2D eigenvalue weighted by atomic mass is 16.5. The summed E-state index contributed by atoms with van der Waals surface area (Å²) >= 11 is 0. The highest BCUT2D eigenvalue weighted by Gasteiger charge is 2.18. The van der Waals surface area contributed by atoms with Crippen molar-refractivity contribution < 1.29 is 4.74 Å². The van der Waals surface area contributed by atoms with Crippen molar-refractivity contribution in [1.82, 2.24) is 5.32 Å². The van der Waals surface area contributed by atoms with Crippen molar-refractivity contribution >= 4 is 5.90 Å². The smallest absolute Gasteiger partial charge is 0.199 e. The summed E-state index contributed by atoms with van der Waals surface area (Å²) < 4.78 is 4.98. The maximum Gasteiger partial charge on any atom is 0.199 e. The monoisotopic (exact) mass is 214 g/mol. The van der Waals surface area contributed by atoms with Crippen molar-refractivity contribution in [2.75, 3.05) is 13.7 Å². The Kier molecular flexibility index (Phi) is 12.4. The SMILES string of the molecule is C=CC.CC.COC1=NC(C(C)C)NC1. The second kappa shape index (κ2) is 11.2. The van der Waals surface area contributed by atoms with E-state index in [2.05, 4.69) is 30.7 Å². The van der Waals surface area contributed by atoms with Gasteiger partial charge in [-0.3, -0.25) is 5.32 Å². The van der Waals surface area contributed by atoms with Gasteiger partial charge in [-0.15, -0.1) is 6.58 Å². The highest BCUT2D eigenvalue weighted by molar-refractivity contribution is 5.79. The molecule has 1 aliphatic heterocycles. The van der Waals surface area contributed by atoms with Gasteiger partial charge in [0.2, 0.25) is 0 Å². The van der Waals surface area contributed by atoms with E-state index < -0.39 is 0 Å². The molecule has 0 saturated carbocycles. The van der Waals surface area contributed by atoms with E-state index in [4.69, 9.17) is 4.74 Å². The molecular formula is C12H26N2O. The van der Waals surface area contributed by atoms with Crippen LogP contribution in [-0.4, -0.2) is 25.7 Å². The maximum absolute atomic E-state index is 4.98. The van der Waals surface area contributed by atoms with Crippen LogP contribution in [0.1, 0.15) is 34.6 Å². The van der Waals surface area contributed by atoms with Gasteiger partial charge in [-0.2, -0.15) is 0 Å². The average molecular weight is 214 g/mol. The zero-order valence-electron chi connectivity index (χ0n) is 11.0. The molecule has 0 bridgehead atoms. The Morgan fingerprint density at radius 2 is 2.00 bits per heavy atom. The topological polar surface area (TPSA) is 33.6 Å². The number of hydrogen-bond donors (Lipinski definition) is 1. The van der Waals surface area contributed by atoms with E-state index in [-0.39, 0.29) is 6.17 Å². The predicted molar refractivity (Wildman–Crippen MR) is 68.3 cm³/mol. The summed E-state index contributed by atoms with van der Waals surface area (Å²) in [7, 11) is 1.66. The van der Waals surface area contributed by atoms with Crippen molar-refractivity contribution in [3.8, 4) is 0 Å². The number of nitrogens with one attached hydrogen (secondary N) is 1. The van der Waals surface area contributed by atoms with Crippen LogP contribution < -0.4 is 5.32 Å². The molecule has 1 aliphatic rings. The molecule has 0 aromatic rings. The molecule has 1 rings (SSSR count). The quantitative estimate of drug-likeness (QED) is 0.681. The molecule has 90 valence electrons. The third-order valence-corrected chi connectivity index (χ3v) is 1.61. The molecule has 1 N–H and O–H groups in total. The van der Waals surface area contributed by atoms with E-state index in [9.17, 15) is 0 Å². The second-order valence-electron chi connectivity index (χ2n) is 3.20. The molecule has 0 amide bonds. The van der Waals surface area contributed by atoms with Crippen LogP contribution in [0.2, 0.25) is 0 Å². The second-order valence-corrected chi connectivity index (χ2v) is 3.20. The molecule has 3 nitrogen and oxygen atoms in total. The third-order valence-electron chi connectivity index (χ3n) is 1.61. The minimum Gasteiger partial charge on any atom is -0.483 e. The molecule has 15 heavy (non-hydrogen) atoms. The van der Waals surface area contributed by atoms with E-state index in [1.165, 1.54) is 0 Å². The van der Waals surface area contributed by atoms with Gasteiger partial charge in [-0.05, 0) is 12.8 Å². The zero-order chi connectivity index (χ0) is 12.3. The lowest BCUT2D eigenvalue weighted by Gasteiger charge is -2.09. The summed E-state index contributed by atoms with van der Waals surface area (Å²) in [4.78, 5) is 4.29. The molecule has 1 heterocycles. The lowest BCUT2D eigenvalue weighted by Crippen LogP contribution is -2.27. The standard InChI is InChI=1S/C7H14N2O.C3H6.C2H6/c1-5(2)7-8-4-6(9-7)10-3;1-3-2;1-2/h5,7-8H,4H2,1-3H3;3H,1H2,2H3;1-2H3. The maximum atomic E-state index is 4.98. The zero-order valence-corrected chi connectivity index (χ0v) is 11.0. The fourth-order valence-electron chi connectivity index (χ4n) is 0.948. The summed E-state index contributed by atoms with van der Waals surface area (Å²) in [6.45, 7) is 14.3. The summed E-state index contributed by atoms with van der Waals surface area (Å²) in [6.07, 6.45) is 2.01. The van der Waals surface area contributed by atoms with Gasteiger partial charge in [-0.25, -0.2) is 4.99 Å². The van der Waals surface area contributed by atoms with Crippen molar-refractivity contribution in [2.24, 2.45) is 10.9 Å². The van der Waals surface area contributed by atoms with Gasteiger partial charge in [0.05, 0.1) is 13.7 Å². The molecule has 0 aromatic carbocycles. The summed E-state index contributed by atoms with van der Waals surface area (Å²) in [5.41, 5.74) is 0. The molecule has 0 saturated heterocycles. The summed E-state index contributed by atoms with van der Waals surface area (Å²) in [6, 6.07) is 0. The summed E-state index contributed by atoms with van der Waals surface area (Å²) in [5, 5.41) is 3.23. The van der Waals surface area contributed by atoms with Crippen molar-refractivity contribution in [1.29, 1.82) is 0 Å². The molecule has 1 unspecified atom stereocenters. The van der Waals surface area contributed by atoms with E-state index in [0.717, 1.165) is 12.4 Å². The fraction of sp³-hybridized carbons (Fsp3) is 0.750. The highest BCUT2D eigenvalue weighted by Crippen LogP contribution is 2.07. The fourth-order valence-corrected chi connectivity index (χ4v) is 0.948. The van der Waals surface area contributed by atoms with Gasteiger partial charge in [0.15, 0.2) is 5.90 Å². The minimum atomic E-state index is 0.259. The van der Waals surface area contributed by atoms with E-state index in [1.807, 2.05) is 20.8 Å². The predicted octanol–water partition coefficient (Wildman–Crippen LogP) is 2.84. The Morgan fingerprint density at radius 1 is 1.53 bits per heavy atom. The first-order valence-corrected chi connectivity index (χ1v) is 5.56. The number of allylic oxidation sites excluding steroid dienone is 1. The number of hydrogen-bond acceptors (Lipinski definition) is 3. The van der Waals surface area contributed by atoms with Crippen molar-refractivity contribution in [3.63, 3.8) is 0 Å². The molecule has 1 atom stereocenters. The van der Waals surface area contributed by atoms with Crippen LogP contribution in [0.25, 0.3) is 0 Å². The number of methoxy groups -OCH3 is 1. The lowest BCUT2D eigenvalue weighted by atomic mass is 10.2. The average Bonchev–Trinajstić information content (AvgIpc) is 2.70. The van der Waals surface area contributed by atoms with Gasteiger partial charge >= 0.3 is 0 Å². The van der Waals surface area contributed by atoms with Gasteiger partial charge in [0, 0.05) is 0 Å². The molecular weight excluding hydrogens is 188 g/mol. The molecule has 0 spiro atoms. The van der Waals surface area contributed by atoms with Crippen LogP contribution in [0.4, 0.5) is 0 Å². The Bertz CT molecular complexity index is 176. The Hall–Kier alpha value is -0.830. The normalized spacial score (nSPS) is 18.1. The summed E-state index contributed by atoms with van der Waals surface area (Å²) in [5.74, 6) is 1.37. The van der Waals surface area contributed by atoms with Crippen LogP contribution in [-0.2, 0) is 4.74 Å². The first-order valence-electron chi connectivity index (χ1n) is 5.56. The van der Waals surface area contributed by atoms with Crippen LogP contribution in [0.5, 0.6) is 0 Å². The Labute approximate surface area is 94.6 Å². The van der Waals surface area contributed by atoms with Crippen molar-refractivity contribution in [3.05, 3.63) is 12.7 Å². The molecule has 0 radical (unpaired) electrons. The first-order chi connectivity index (χ1) is 7.15. The first kappa shape index (κ1) is 16.6. The van der Waals surface area contributed by atoms with Gasteiger partial charge in [0.25, 0.3) is 0 Å². The van der Waals surface area contributed by atoms with E-state index in [0.29, 0.717) is 5.92 Å². The Morgan fingerprint density at radius 3 is 2.20 bits per heavy atom. The number of rotatable bonds is 1. The number of aliphatic imine (C=N–C) groups is 1. The van der Waals surface area contributed by atoms with Crippen molar-refractivity contribution in [2.45, 2.75) is 40.8 Å². The van der Waals surface area contributed by atoms with E-state index >= 15 is 0 Å². The molecule has 0 aromatic heterocycles. The third kappa shape index (κ3) is 8.18. The molecule has 0 aliphatic carbocycles. The van der Waals surface area contributed by atoms with Gasteiger partial charge in [0.1, 0.15) is 6.17 Å². The Balaban J connectivity index is 0. The van der Waals surface area contributed by atoms with Crippen LogP contribution in [0.3, 0.4) is 0 Å². The number of nitrogens with zero attached hydrogens (tertiary/aromatic N) is 1. The largest absolute Gasteiger partial charge is 0.483 e. The van der Waals surface area contributed by atoms with Gasteiger partial charge in [-0.1, -0.05) is 33.8 Å². The minimum absolute atomic E-state index is 0.259. The molecule has 0 fully saturated rings. The van der Waals surface area contributed by atoms with E-state index in [1.54, 1.807) is 13.2 Å².